The van der Waals surface area contributed by atoms with Crippen LogP contribution in [0.1, 0.15) is 12.0 Å². The molecule has 0 saturated heterocycles. The zero-order valence-corrected chi connectivity index (χ0v) is 12.9. The van der Waals surface area contributed by atoms with E-state index in [0.29, 0.717) is 18.0 Å². The highest BCUT2D eigenvalue weighted by Gasteiger charge is 2.26. The second-order valence-electron chi connectivity index (χ2n) is 5.01. The summed E-state index contributed by atoms with van der Waals surface area (Å²) < 4.78 is 2.73. The molecular formula is C14H12N8O2. The summed E-state index contributed by atoms with van der Waals surface area (Å²) in [6.07, 6.45) is 6.87. The first-order chi connectivity index (χ1) is 11.5. The van der Waals surface area contributed by atoms with Crippen molar-refractivity contribution in [3.8, 4) is 17.6 Å². The molecule has 0 saturated carbocycles. The SMILES string of the molecule is Cn1nc(-c2ncc([N+](=O)[O-])n2C)c(C#N)c1N=C1C=NC=CC1. The van der Waals surface area contributed by atoms with Crippen LogP contribution in [0, 0.1) is 21.4 Å². The molecule has 10 nitrogen and oxygen atoms in total. The monoisotopic (exact) mass is 324 g/mol. The molecule has 3 rings (SSSR count). The van der Waals surface area contributed by atoms with E-state index in [9.17, 15) is 15.4 Å². The summed E-state index contributed by atoms with van der Waals surface area (Å²) in [6.45, 7) is 0. The normalized spacial score (nSPS) is 15.0. The maximum Gasteiger partial charge on any atom is 0.342 e. The number of aryl methyl sites for hydroxylation is 1. The topological polar surface area (TPSA) is 127 Å². The fourth-order valence-electron chi connectivity index (χ4n) is 2.32. The molecule has 120 valence electrons. The minimum atomic E-state index is -0.544. The Bertz CT molecular complexity index is 954. The summed E-state index contributed by atoms with van der Waals surface area (Å²) in [4.78, 5) is 22.9. The Labute approximate surface area is 136 Å². The van der Waals surface area contributed by atoms with Gasteiger partial charge in [-0.3, -0.25) is 4.99 Å². The third-order valence-corrected chi connectivity index (χ3v) is 3.48. The zero-order valence-electron chi connectivity index (χ0n) is 12.9. The average Bonchev–Trinajstić information content (AvgIpc) is 3.09. The lowest BCUT2D eigenvalue weighted by atomic mass is 10.2. The van der Waals surface area contributed by atoms with Gasteiger partial charge in [-0.25, -0.2) is 19.2 Å². The maximum absolute atomic E-state index is 11.0. The van der Waals surface area contributed by atoms with E-state index in [1.165, 1.54) is 16.3 Å². The first-order valence-corrected chi connectivity index (χ1v) is 6.92. The third-order valence-electron chi connectivity index (χ3n) is 3.48. The molecule has 10 heteroatoms. The van der Waals surface area contributed by atoms with Gasteiger partial charge in [0.05, 0.1) is 12.8 Å². The van der Waals surface area contributed by atoms with Crippen LogP contribution in [-0.4, -0.2) is 36.2 Å². The summed E-state index contributed by atoms with van der Waals surface area (Å²) in [5, 5.41) is 24.8. The minimum Gasteiger partial charge on any atom is -0.358 e. The van der Waals surface area contributed by atoms with E-state index >= 15 is 0 Å². The standard InChI is InChI=1S/C14H12N8O2/c1-20-11(22(23)24)8-17-14(20)12-10(6-15)13(21(2)19-12)18-9-4-3-5-16-7-9/h3,5,7-8H,4H2,1-2H3. The largest absolute Gasteiger partial charge is 0.358 e. The van der Waals surface area contributed by atoms with Gasteiger partial charge in [0, 0.05) is 25.9 Å². The Morgan fingerprint density at radius 3 is 2.83 bits per heavy atom. The van der Waals surface area contributed by atoms with Gasteiger partial charge in [0.25, 0.3) is 5.82 Å². The quantitative estimate of drug-likeness (QED) is 0.626. The first kappa shape index (κ1) is 15.3. The predicted octanol–water partition coefficient (Wildman–Crippen LogP) is 1.66. The van der Waals surface area contributed by atoms with Crippen LogP contribution in [0.15, 0.2) is 28.5 Å². The van der Waals surface area contributed by atoms with Crippen molar-refractivity contribution in [2.45, 2.75) is 6.42 Å². The Kier molecular flexibility index (Phi) is 3.75. The molecule has 0 bridgehead atoms. The molecule has 0 aromatic carbocycles. The summed E-state index contributed by atoms with van der Waals surface area (Å²) in [7, 11) is 3.15. The number of aromatic nitrogens is 4. The van der Waals surface area contributed by atoms with Crippen LogP contribution in [0.2, 0.25) is 0 Å². The Morgan fingerprint density at radius 2 is 2.25 bits per heavy atom. The smallest absolute Gasteiger partial charge is 0.342 e. The van der Waals surface area contributed by atoms with E-state index in [4.69, 9.17) is 0 Å². The molecule has 2 aromatic rings. The number of hydrogen-bond acceptors (Lipinski definition) is 7. The van der Waals surface area contributed by atoms with Gasteiger partial charge >= 0.3 is 5.82 Å². The van der Waals surface area contributed by atoms with Gasteiger partial charge in [-0.1, -0.05) is 6.08 Å². The highest BCUT2D eigenvalue weighted by Crippen LogP contribution is 2.30. The van der Waals surface area contributed by atoms with Crippen molar-refractivity contribution in [2.75, 3.05) is 0 Å². The van der Waals surface area contributed by atoms with E-state index in [-0.39, 0.29) is 22.9 Å². The Morgan fingerprint density at radius 1 is 1.46 bits per heavy atom. The van der Waals surface area contributed by atoms with Crippen LogP contribution in [0.5, 0.6) is 0 Å². The minimum absolute atomic E-state index is 0.183. The van der Waals surface area contributed by atoms with Crippen molar-refractivity contribution in [1.29, 1.82) is 5.26 Å². The van der Waals surface area contributed by atoms with Crippen LogP contribution in [-0.2, 0) is 14.1 Å². The molecule has 1 aliphatic heterocycles. The van der Waals surface area contributed by atoms with E-state index < -0.39 is 4.92 Å². The van der Waals surface area contributed by atoms with E-state index in [2.05, 4.69) is 26.1 Å². The van der Waals surface area contributed by atoms with Gasteiger partial charge in [0.1, 0.15) is 17.8 Å². The van der Waals surface area contributed by atoms with Crippen molar-refractivity contribution in [1.82, 2.24) is 19.3 Å². The molecule has 1 aliphatic rings. The highest BCUT2D eigenvalue weighted by atomic mass is 16.6. The van der Waals surface area contributed by atoms with E-state index in [0.717, 1.165) is 6.20 Å². The summed E-state index contributed by atoms with van der Waals surface area (Å²) >= 11 is 0. The lowest BCUT2D eigenvalue weighted by Gasteiger charge is -2.01. The van der Waals surface area contributed by atoms with Gasteiger partial charge < -0.3 is 10.1 Å². The van der Waals surface area contributed by atoms with Crippen LogP contribution < -0.4 is 0 Å². The Balaban J connectivity index is 2.13. The summed E-state index contributed by atoms with van der Waals surface area (Å²) in [5.41, 5.74) is 1.14. The lowest BCUT2D eigenvalue weighted by molar-refractivity contribution is -0.391. The fraction of sp³-hybridized carbons (Fsp3) is 0.214. The molecule has 0 radical (unpaired) electrons. The van der Waals surface area contributed by atoms with Crippen molar-refractivity contribution < 1.29 is 4.92 Å². The number of imidazole rings is 1. The second-order valence-corrected chi connectivity index (χ2v) is 5.01. The fourth-order valence-corrected chi connectivity index (χ4v) is 2.32. The maximum atomic E-state index is 11.0. The summed E-state index contributed by atoms with van der Waals surface area (Å²) in [6, 6.07) is 2.06. The molecule has 0 atom stereocenters. The highest BCUT2D eigenvalue weighted by molar-refractivity contribution is 6.32. The first-order valence-electron chi connectivity index (χ1n) is 6.92. The molecular weight excluding hydrogens is 312 g/mol. The van der Waals surface area contributed by atoms with Crippen LogP contribution in [0.25, 0.3) is 11.5 Å². The number of nitriles is 1. The van der Waals surface area contributed by atoms with Gasteiger partial charge in [-0.05, 0) is 4.92 Å². The molecule has 0 fully saturated rings. The Hall–Kier alpha value is -3.61. The third kappa shape index (κ3) is 2.48. The van der Waals surface area contributed by atoms with E-state index in [1.54, 1.807) is 19.5 Å². The second kappa shape index (κ2) is 5.88. The van der Waals surface area contributed by atoms with Gasteiger partial charge in [-0.2, -0.15) is 10.4 Å². The number of nitrogens with zero attached hydrogens (tertiary/aromatic N) is 8. The van der Waals surface area contributed by atoms with Gasteiger partial charge in [0.2, 0.25) is 0 Å². The number of allylic oxidation sites excluding steroid dienone is 1. The average molecular weight is 324 g/mol. The van der Waals surface area contributed by atoms with Crippen LogP contribution in [0.3, 0.4) is 0 Å². The zero-order chi connectivity index (χ0) is 17.3. The van der Waals surface area contributed by atoms with Crippen molar-refractivity contribution in [3.63, 3.8) is 0 Å². The van der Waals surface area contributed by atoms with Gasteiger partial charge in [0.15, 0.2) is 11.5 Å². The molecule has 0 amide bonds. The molecule has 3 heterocycles. The number of rotatable bonds is 3. The van der Waals surface area contributed by atoms with Crippen LogP contribution >= 0.6 is 0 Å². The number of aliphatic imine (C=N–C) groups is 2. The van der Waals surface area contributed by atoms with Crippen molar-refractivity contribution in [2.24, 2.45) is 24.1 Å². The molecule has 0 spiro atoms. The number of nitro groups is 1. The predicted molar refractivity (Wildman–Crippen MR) is 86.1 cm³/mol. The molecule has 24 heavy (non-hydrogen) atoms. The molecule has 0 aliphatic carbocycles. The van der Waals surface area contributed by atoms with Crippen molar-refractivity contribution in [3.05, 3.63) is 34.2 Å². The molecule has 0 N–H and O–H groups in total. The molecule has 2 aromatic heterocycles. The number of hydrogen-bond donors (Lipinski definition) is 0. The molecule has 0 unspecified atom stereocenters. The van der Waals surface area contributed by atoms with E-state index in [1.807, 2.05) is 6.08 Å². The van der Waals surface area contributed by atoms with Crippen molar-refractivity contribution >= 4 is 23.6 Å². The summed E-state index contributed by atoms with van der Waals surface area (Å²) in [5.74, 6) is 0.407. The lowest BCUT2D eigenvalue weighted by Crippen LogP contribution is -2.02. The van der Waals surface area contributed by atoms with Gasteiger partial charge in [-0.15, -0.1) is 0 Å². The van der Waals surface area contributed by atoms with Crippen LogP contribution in [0.4, 0.5) is 11.6 Å².